The molecule has 0 aliphatic rings. The Hall–Kier alpha value is -2.90. The third-order valence-corrected chi connectivity index (χ3v) is 2.35. The van der Waals surface area contributed by atoms with Crippen LogP contribution >= 0.6 is 0 Å². The van der Waals surface area contributed by atoms with Crippen LogP contribution in [0.3, 0.4) is 0 Å². The maximum atomic E-state index is 11.6. The molecule has 4 N–H and O–H groups in total. The number of carboxylic acid groups (broad SMARTS) is 1. The largest absolute Gasteiger partial charge is 0.481 e. The molecule has 8 heteroatoms. The molecule has 0 atom stereocenters. The number of hydrogen-bond acceptors (Lipinski definition) is 4. The van der Waals surface area contributed by atoms with E-state index in [0.29, 0.717) is 17.5 Å². The highest BCUT2D eigenvalue weighted by molar-refractivity contribution is 5.97. The normalized spacial score (nSPS) is 9.52. The number of hydrogen-bond donors (Lipinski definition) is 4. The summed E-state index contributed by atoms with van der Waals surface area (Å²) < 4.78 is 0. The van der Waals surface area contributed by atoms with Crippen molar-refractivity contribution in [1.82, 2.24) is 10.6 Å². The molecule has 21 heavy (non-hydrogen) atoms. The van der Waals surface area contributed by atoms with Crippen molar-refractivity contribution in [3.8, 4) is 0 Å². The highest BCUT2D eigenvalue weighted by atomic mass is 16.4. The van der Waals surface area contributed by atoms with Gasteiger partial charge in [0.05, 0.1) is 13.0 Å². The van der Waals surface area contributed by atoms with E-state index in [1.54, 1.807) is 12.1 Å². The molecule has 112 valence electrons. The molecule has 0 spiro atoms. The van der Waals surface area contributed by atoms with Crippen LogP contribution in [0, 0.1) is 0 Å². The van der Waals surface area contributed by atoms with Crippen LogP contribution in [0.1, 0.15) is 16.8 Å². The van der Waals surface area contributed by atoms with E-state index in [9.17, 15) is 19.2 Å². The van der Waals surface area contributed by atoms with Gasteiger partial charge in [-0.25, -0.2) is 4.79 Å². The van der Waals surface area contributed by atoms with Crippen molar-refractivity contribution in [3.05, 3.63) is 29.8 Å². The highest BCUT2D eigenvalue weighted by Crippen LogP contribution is 2.10. The Labute approximate surface area is 120 Å². The molecule has 0 aliphatic carbocycles. The number of urea groups is 1. The SMILES string of the molecule is O=CCNC(=O)c1cccc(NC(=O)NCCC(=O)O)c1. The van der Waals surface area contributed by atoms with Crippen molar-refractivity contribution in [2.24, 2.45) is 0 Å². The monoisotopic (exact) mass is 293 g/mol. The van der Waals surface area contributed by atoms with Crippen molar-refractivity contribution in [3.63, 3.8) is 0 Å². The van der Waals surface area contributed by atoms with Gasteiger partial charge >= 0.3 is 12.0 Å². The van der Waals surface area contributed by atoms with Crippen LogP contribution in [0.15, 0.2) is 24.3 Å². The minimum atomic E-state index is -1.01. The molecule has 1 aromatic carbocycles. The second-order valence-electron chi connectivity index (χ2n) is 3.98. The lowest BCUT2D eigenvalue weighted by Gasteiger charge is -2.08. The molecule has 0 saturated heterocycles. The van der Waals surface area contributed by atoms with E-state index in [1.165, 1.54) is 12.1 Å². The van der Waals surface area contributed by atoms with Crippen molar-refractivity contribution < 1.29 is 24.3 Å². The predicted octanol–water partition coefficient (Wildman–Crippen LogP) is 0.211. The number of carbonyl (C=O) groups excluding carboxylic acids is 3. The summed E-state index contributed by atoms with van der Waals surface area (Å²) >= 11 is 0. The molecule has 8 nitrogen and oxygen atoms in total. The maximum Gasteiger partial charge on any atom is 0.319 e. The first-order valence-electron chi connectivity index (χ1n) is 6.11. The molecule has 0 bridgehead atoms. The third kappa shape index (κ3) is 6.19. The van der Waals surface area contributed by atoms with Gasteiger partial charge in [0.2, 0.25) is 0 Å². The van der Waals surface area contributed by atoms with Gasteiger partial charge in [0.1, 0.15) is 6.29 Å². The first-order valence-corrected chi connectivity index (χ1v) is 6.11. The molecule has 0 saturated carbocycles. The number of carbonyl (C=O) groups is 4. The van der Waals surface area contributed by atoms with E-state index < -0.39 is 17.9 Å². The average Bonchev–Trinajstić information content (AvgIpc) is 2.44. The van der Waals surface area contributed by atoms with Gasteiger partial charge in [-0.1, -0.05) is 6.07 Å². The fraction of sp³-hybridized carbons (Fsp3) is 0.231. The zero-order valence-corrected chi connectivity index (χ0v) is 11.1. The number of amides is 3. The molecule has 0 radical (unpaired) electrons. The molecule has 0 unspecified atom stereocenters. The van der Waals surface area contributed by atoms with Crippen LogP contribution in [0.25, 0.3) is 0 Å². The standard InChI is InChI=1S/C13H15N3O5/c17-7-6-14-12(20)9-2-1-3-10(8-9)16-13(21)15-5-4-11(18)19/h1-3,7-8H,4-6H2,(H,14,20)(H,18,19)(H2,15,16,21). The molecule has 3 amide bonds. The second kappa shape index (κ2) is 8.31. The van der Waals surface area contributed by atoms with Gasteiger partial charge < -0.3 is 25.9 Å². The lowest BCUT2D eigenvalue weighted by atomic mass is 10.2. The van der Waals surface area contributed by atoms with Gasteiger partial charge in [0, 0.05) is 17.8 Å². The zero-order valence-electron chi connectivity index (χ0n) is 11.1. The summed E-state index contributed by atoms with van der Waals surface area (Å²) in [6, 6.07) is 5.56. The number of carboxylic acids is 1. The summed E-state index contributed by atoms with van der Waals surface area (Å²) in [5.41, 5.74) is 0.668. The highest BCUT2D eigenvalue weighted by Gasteiger charge is 2.07. The summed E-state index contributed by atoms with van der Waals surface area (Å²) in [4.78, 5) is 43.6. The Morgan fingerprint density at radius 1 is 1.19 bits per heavy atom. The molecular weight excluding hydrogens is 278 g/mol. The summed E-state index contributed by atoms with van der Waals surface area (Å²) in [6.45, 7) is -0.0904. The van der Waals surface area contributed by atoms with Crippen LogP contribution in [0.5, 0.6) is 0 Å². The van der Waals surface area contributed by atoms with Gasteiger partial charge in [0.15, 0.2) is 0 Å². The van der Waals surface area contributed by atoms with Gasteiger partial charge in [-0.15, -0.1) is 0 Å². The van der Waals surface area contributed by atoms with Gasteiger partial charge in [-0.3, -0.25) is 9.59 Å². The summed E-state index contributed by atoms with van der Waals surface area (Å²) in [5, 5.41) is 15.7. The molecule has 1 rings (SSSR count). The van der Waals surface area contributed by atoms with Crippen molar-refractivity contribution >= 4 is 29.9 Å². The lowest BCUT2D eigenvalue weighted by molar-refractivity contribution is -0.136. The Morgan fingerprint density at radius 3 is 2.62 bits per heavy atom. The van der Waals surface area contributed by atoms with Gasteiger partial charge in [0.25, 0.3) is 5.91 Å². The van der Waals surface area contributed by atoms with E-state index in [0.717, 1.165) is 0 Å². The molecule has 0 heterocycles. The number of nitrogens with one attached hydrogen (secondary N) is 3. The van der Waals surface area contributed by atoms with Gasteiger partial charge in [-0.2, -0.15) is 0 Å². The molecule has 0 aliphatic heterocycles. The van der Waals surface area contributed by atoms with Crippen LogP contribution in [0.4, 0.5) is 10.5 Å². The molecular formula is C13H15N3O5. The number of aliphatic carboxylic acids is 1. The number of rotatable bonds is 7. The predicted molar refractivity (Wildman–Crippen MR) is 74.1 cm³/mol. The van der Waals surface area contributed by atoms with E-state index in [1.807, 2.05) is 0 Å². The first kappa shape index (κ1) is 16.2. The number of aldehydes is 1. The summed E-state index contributed by atoms with van der Waals surface area (Å²) in [6.07, 6.45) is 0.386. The topological polar surface area (TPSA) is 125 Å². The zero-order chi connectivity index (χ0) is 15.7. The van der Waals surface area contributed by atoms with Crippen molar-refractivity contribution in [1.29, 1.82) is 0 Å². The Bertz CT molecular complexity index is 544. The molecule has 1 aromatic rings. The Morgan fingerprint density at radius 2 is 1.95 bits per heavy atom. The maximum absolute atomic E-state index is 11.6. The van der Waals surface area contributed by atoms with Gasteiger partial charge in [-0.05, 0) is 18.2 Å². The second-order valence-corrected chi connectivity index (χ2v) is 3.98. The molecule has 0 fully saturated rings. The van der Waals surface area contributed by atoms with E-state index in [-0.39, 0.29) is 19.5 Å². The summed E-state index contributed by atoms with van der Waals surface area (Å²) in [7, 11) is 0. The number of anilines is 1. The Kier molecular flexibility index (Phi) is 6.39. The first-order chi connectivity index (χ1) is 10.0. The van der Waals surface area contributed by atoms with Crippen LogP contribution < -0.4 is 16.0 Å². The van der Waals surface area contributed by atoms with Crippen LogP contribution in [0.2, 0.25) is 0 Å². The third-order valence-electron chi connectivity index (χ3n) is 2.35. The quantitative estimate of drug-likeness (QED) is 0.535. The van der Waals surface area contributed by atoms with E-state index in [4.69, 9.17) is 5.11 Å². The minimum absolute atomic E-state index is 0.000673. The van der Waals surface area contributed by atoms with Crippen LogP contribution in [-0.4, -0.2) is 42.4 Å². The van der Waals surface area contributed by atoms with E-state index in [2.05, 4.69) is 16.0 Å². The fourth-order valence-corrected chi connectivity index (χ4v) is 1.43. The van der Waals surface area contributed by atoms with E-state index >= 15 is 0 Å². The van der Waals surface area contributed by atoms with Crippen molar-refractivity contribution in [2.45, 2.75) is 6.42 Å². The smallest absolute Gasteiger partial charge is 0.319 e. The molecule has 0 aromatic heterocycles. The lowest BCUT2D eigenvalue weighted by Crippen LogP contribution is -2.30. The average molecular weight is 293 g/mol. The fourth-order valence-electron chi connectivity index (χ4n) is 1.43. The minimum Gasteiger partial charge on any atom is -0.481 e. The van der Waals surface area contributed by atoms with Crippen LogP contribution in [-0.2, 0) is 9.59 Å². The number of benzene rings is 1. The Balaban J connectivity index is 2.55. The van der Waals surface area contributed by atoms with Crippen molar-refractivity contribution in [2.75, 3.05) is 18.4 Å². The summed E-state index contributed by atoms with van der Waals surface area (Å²) in [5.74, 6) is -1.44.